The Hall–Kier alpha value is -3.29. The molecule has 3 rings (SSSR count). The zero-order valence-corrected chi connectivity index (χ0v) is 13.2. The third-order valence-corrected chi connectivity index (χ3v) is 3.67. The van der Waals surface area contributed by atoms with Gasteiger partial charge in [0.05, 0.1) is 6.42 Å². The van der Waals surface area contributed by atoms with Crippen LogP contribution in [0.25, 0.3) is 0 Å². The van der Waals surface area contributed by atoms with Crippen molar-refractivity contribution in [2.75, 3.05) is 5.32 Å². The number of hydrogen-bond acceptors (Lipinski definition) is 5. The van der Waals surface area contributed by atoms with Gasteiger partial charge in [-0.2, -0.15) is 0 Å². The van der Waals surface area contributed by atoms with E-state index in [1.165, 1.54) is 12.4 Å². The second kappa shape index (κ2) is 7.08. The van der Waals surface area contributed by atoms with Gasteiger partial charge in [-0.05, 0) is 24.5 Å². The van der Waals surface area contributed by atoms with Crippen LogP contribution < -0.4 is 10.6 Å². The largest absolute Gasteiger partial charge is 0.476 e. The lowest BCUT2D eigenvalue weighted by Crippen LogP contribution is -2.27. The van der Waals surface area contributed by atoms with Crippen LogP contribution in [-0.4, -0.2) is 38.9 Å². The minimum Gasteiger partial charge on any atom is -0.476 e. The van der Waals surface area contributed by atoms with E-state index in [0.717, 1.165) is 12.8 Å². The maximum atomic E-state index is 12.4. The zero-order valence-electron chi connectivity index (χ0n) is 13.2. The first-order valence-electron chi connectivity index (χ1n) is 7.77. The molecule has 0 saturated heterocycles. The molecule has 1 heterocycles. The van der Waals surface area contributed by atoms with Crippen molar-refractivity contribution in [3.05, 3.63) is 53.6 Å². The van der Waals surface area contributed by atoms with E-state index in [1.807, 2.05) is 0 Å². The summed E-state index contributed by atoms with van der Waals surface area (Å²) in [6.45, 7) is 0. The van der Waals surface area contributed by atoms with Gasteiger partial charge in [0.2, 0.25) is 5.91 Å². The molecule has 8 nitrogen and oxygen atoms in total. The Morgan fingerprint density at radius 1 is 1.08 bits per heavy atom. The molecular formula is C17H16N4O4. The van der Waals surface area contributed by atoms with Crippen molar-refractivity contribution in [3.8, 4) is 0 Å². The van der Waals surface area contributed by atoms with Gasteiger partial charge in [-0.15, -0.1) is 0 Å². The molecule has 1 aromatic heterocycles. The number of aromatic nitrogens is 2. The average Bonchev–Trinajstić information content (AvgIpc) is 3.40. The summed E-state index contributed by atoms with van der Waals surface area (Å²) in [7, 11) is 0. The molecule has 0 aliphatic heterocycles. The minimum absolute atomic E-state index is 0.116. The number of carboxylic acids is 1. The molecule has 0 spiro atoms. The molecule has 1 aliphatic carbocycles. The molecule has 3 N–H and O–H groups in total. The van der Waals surface area contributed by atoms with Crippen molar-refractivity contribution in [1.29, 1.82) is 0 Å². The Morgan fingerprint density at radius 3 is 2.44 bits per heavy atom. The molecule has 0 radical (unpaired) electrons. The van der Waals surface area contributed by atoms with Crippen molar-refractivity contribution < 1.29 is 19.5 Å². The van der Waals surface area contributed by atoms with Crippen LogP contribution in [0, 0.1) is 0 Å². The van der Waals surface area contributed by atoms with E-state index in [9.17, 15) is 14.4 Å². The van der Waals surface area contributed by atoms with Gasteiger partial charge < -0.3 is 15.7 Å². The van der Waals surface area contributed by atoms with E-state index in [-0.39, 0.29) is 24.1 Å². The summed E-state index contributed by atoms with van der Waals surface area (Å²) in [4.78, 5) is 43.0. The van der Waals surface area contributed by atoms with Gasteiger partial charge in [0.25, 0.3) is 5.91 Å². The molecule has 128 valence electrons. The average molecular weight is 340 g/mol. The highest BCUT2D eigenvalue weighted by atomic mass is 16.4. The number of nitrogens with zero attached hydrogens (tertiary/aromatic N) is 2. The molecule has 2 amide bonds. The molecule has 0 unspecified atom stereocenters. The highest BCUT2D eigenvalue weighted by molar-refractivity contribution is 6.08. The standard InChI is InChI=1S/C17H16N4O4/c22-13(20-11-5-6-11)9-10-3-1-2-4-12(10)21-16(23)14-15(17(24)25)19-8-7-18-14/h1-4,7-8,11H,5-6,9H2,(H,20,22)(H,21,23)(H,24,25). The smallest absolute Gasteiger partial charge is 0.356 e. The number of anilines is 1. The summed E-state index contributed by atoms with van der Waals surface area (Å²) < 4.78 is 0. The number of carbonyl (C=O) groups is 3. The monoisotopic (exact) mass is 340 g/mol. The second-order valence-corrected chi connectivity index (χ2v) is 5.69. The first-order chi connectivity index (χ1) is 12.0. The topological polar surface area (TPSA) is 121 Å². The summed E-state index contributed by atoms with van der Waals surface area (Å²) in [5, 5.41) is 14.6. The number of carbonyl (C=O) groups excluding carboxylic acids is 2. The van der Waals surface area contributed by atoms with Crippen LogP contribution in [0.2, 0.25) is 0 Å². The Labute approximate surface area is 143 Å². The number of carboxylic acid groups (broad SMARTS) is 1. The number of para-hydroxylation sites is 1. The first kappa shape index (κ1) is 16.6. The summed E-state index contributed by atoms with van der Waals surface area (Å²) in [5.41, 5.74) is 0.353. The molecule has 1 fully saturated rings. The highest BCUT2D eigenvalue weighted by Gasteiger charge is 2.24. The van der Waals surface area contributed by atoms with Crippen LogP contribution in [-0.2, 0) is 11.2 Å². The molecule has 1 saturated carbocycles. The lowest BCUT2D eigenvalue weighted by atomic mass is 10.1. The summed E-state index contributed by atoms with van der Waals surface area (Å²) in [6, 6.07) is 7.12. The van der Waals surface area contributed by atoms with Crippen LogP contribution in [0.1, 0.15) is 39.4 Å². The van der Waals surface area contributed by atoms with Crippen molar-refractivity contribution in [1.82, 2.24) is 15.3 Å². The van der Waals surface area contributed by atoms with E-state index >= 15 is 0 Å². The molecule has 8 heteroatoms. The van der Waals surface area contributed by atoms with E-state index in [2.05, 4.69) is 20.6 Å². The molecule has 1 aromatic carbocycles. The van der Waals surface area contributed by atoms with E-state index in [0.29, 0.717) is 11.3 Å². The zero-order chi connectivity index (χ0) is 17.8. The van der Waals surface area contributed by atoms with Gasteiger partial charge >= 0.3 is 5.97 Å². The molecule has 0 atom stereocenters. The van der Waals surface area contributed by atoms with Crippen molar-refractivity contribution >= 4 is 23.5 Å². The van der Waals surface area contributed by atoms with Crippen molar-refractivity contribution in [3.63, 3.8) is 0 Å². The third-order valence-electron chi connectivity index (χ3n) is 3.67. The van der Waals surface area contributed by atoms with Crippen molar-refractivity contribution in [2.24, 2.45) is 0 Å². The fraction of sp³-hybridized carbons (Fsp3) is 0.235. The van der Waals surface area contributed by atoms with Gasteiger partial charge in [-0.1, -0.05) is 18.2 Å². The number of hydrogen-bond donors (Lipinski definition) is 3. The summed E-state index contributed by atoms with van der Waals surface area (Å²) in [6.07, 6.45) is 4.56. The molecule has 1 aliphatic rings. The first-order valence-corrected chi connectivity index (χ1v) is 7.77. The van der Waals surface area contributed by atoms with Gasteiger partial charge in [-0.25, -0.2) is 14.8 Å². The number of aromatic carboxylic acids is 1. The fourth-order valence-electron chi connectivity index (χ4n) is 2.32. The van der Waals surface area contributed by atoms with Crippen LogP contribution >= 0.6 is 0 Å². The maximum absolute atomic E-state index is 12.4. The van der Waals surface area contributed by atoms with Gasteiger partial charge in [0.1, 0.15) is 0 Å². The Bertz CT molecular complexity index is 833. The minimum atomic E-state index is -1.34. The van der Waals surface area contributed by atoms with Crippen LogP contribution in [0.3, 0.4) is 0 Å². The lowest BCUT2D eigenvalue weighted by molar-refractivity contribution is -0.120. The quantitative estimate of drug-likeness (QED) is 0.727. The SMILES string of the molecule is O=C(Cc1ccccc1NC(=O)c1nccnc1C(=O)O)NC1CC1. The fourth-order valence-corrected chi connectivity index (χ4v) is 2.32. The maximum Gasteiger partial charge on any atom is 0.356 e. The van der Waals surface area contributed by atoms with Crippen molar-refractivity contribution in [2.45, 2.75) is 25.3 Å². The van der Waals surface area contributed by atoms with E-state index in [1.54, 1.807) is 24.3 Å². The molecule has 2 aromatic rings. The predicted molar refractivity (Wildman–Crippen MR) is 88.3 cm³/mol. The van der Waals surface area contributed by atoms with Gasteiger partial charge in [-0.3, -0.25) is 9.59 Å². The third kappa shape index (κ3) is 4.17. The number of nitrogens with one attached hydrogen (secondary N) is 2. The Morgan fingerprint density at radius 2 is 1.76 bits per heavy atom. The molecule has 25 heavy (non-hydrogen) atoms. The summed E-state index contributed by atoms with van der Waals surface area (Å²) in [5.74, 6) is -2.15. The van der Waals surface area contributed by atoms with Gasteiger partial charge in [0.15, 0.2) is 11.4 Å². The number of benzene rings is 1. The summed E-state index contributed by atoms with van der Waals surface area (Å²) >= 11 is 0. The van der Waals surface area contributed by atoms with E-state index in [4.69, 9.17) is 5.11 Å². The number of rotatable bonds is 6. The number of amides is 2. The molecular weight excluding hydrogens is 324 g/mol. The lowest BCUT2D eigenvalue weighted by Gasteiger charge is -2.11. The normalized spacial score (nSPS) is 13.1. The van der Waals surface area contributed by atoms with Gasteiger partial charge in [0, 0.05) is 24.1 Å². The van der Waals surface area contributed by atoms with E-state index < -0.39 is 17.6 Å². The van der Waals surface area contributed by atoms with Crippen LogP contribution in [0.4, 0.5) is 5.69 Å². The Balaban J connectivity index is 1.77. The predicted octanol–water partition coefficient (Wildman–Crippen LogP) is 1.25. The highest BCUT2D eigenvalue weighted by Crippen LogP contribution is 2.20. The Kier molecular flexibility index (Phi) is 4.69. The van der Waals surface area contributed by atoms with Crippen LogP contribution in [0.5, 0.6) is 0 Å². The molecule has 0 bridgehead atoms. The van der Waals surface area contributed by atoms with Crippen LogP contribution in [0.15, 0.2) is 36.7 Å². The second-order valence-electron chi connectivity index (χ2n) is 5.69.